The van der Waals surface area contributed by atoms with Crippen molar-refractivity contribution in [2.24, 2.45) is 0 Å². The maximum absolute atomic E-state index is 5.85. The van der Waals surface area contributed by atoms with E-state index in [0.29, 0.717) is 11.2 Å². The summed E-state index contributed by atoms with van der Waals surface area (Å²) >= 11 is 5.85. The summed E-state index contributed by atoms with van der Waals surface area (Å²) in [4.78, 5) is 4.04. The van der Waals surface area contributed by atoms with Gasteiger partial charge in [0.1, 0.15) is 5.15 Å². The quantitative estimate of drug-likeness (QED) is 0.774. The average molecular weight is 241 g/mol. The van der Waals surface area contributed by atoms with Gasteiger partial charge in [-0.2, -0.15) is 0 Å². The Morgan fingerprint density at radius 1 is 1.31 bits per heavy atom. The maximum Gasteiger partial charge on any atom is 0.131 e. The molecule has 16 heavy (non-hydrogen) atoms. The van der Waals surface area contributed by atoms with Crippen LogP contribution in [0.4, 0.5) is 5.69 Å². The fourth-order valence-electron chi connectivity index (χ4n) is 1.94. The molecule has 0 aromatic carbocycles. The first-order valence-electron chi connectivity index (χ1n) is 6.14. The highest BCUT2D eigenvalue weighted by molar-refractivity contribution is 6.29. The van der Waals surface area contributed by atoms with E-state index in [2.05, 4.69) is 17.2 Å². The van der Waals surface area contributed by atoms with Crippen LogP contribution in [0.2, 0.25) is 5.15 Å². The van der Waals surface area contributed by atoms with E-state index in [4.69, 9.17) is 11.6 Å². The summed E-state index contributed by atoms with van der Waals surface area (Å²) in [5.41, 5.74) is 2.30. The van der Waals surface area contributed by atoms with Crippen molar-refractivity contribution in [2.75, 3.05) is 5.32 Å². The molecule has 0 aliphatic heterocycles. The minimum atomic E-state index is 0.566. The molecule has 0 bridgehead atoms. The zero-order valence-corrected chi connectivity index (χ0v) is 11.1. The molecule has 2 nitrogen and oxygen atoms in total. The number of anilines is 1. The zero-order valence-electron chi connectivity index (χ0n) is 10.4. The summed E-state index contributed by atoms with van der Waals surface area (Å²) in [6, 6.07) is 2.54. The van der Waals surface area contributed by atoms with Crippen molar-refractivity contribution in [1.29, 1.82) is 0 Å². The Bertz CT molecular complexity index is 320. The molecule has 1 aromatic heterocycles. The van der Waals surface area contributed by atoms with E-state index < -0.39 is 0 Å². The minimum absolute atomic E-state index is 0.566. The van der Waals surface area contributed by atoms with Gasteiger partial charge in [-0.3, -0.25) is 0 Å². The monoisotopic (exact) mass is 240 g/mol. The first-order valence-corrected chi connectivity index (χ1v) is 6.52. The van der Waals surface area contributed by atoms with Gasteiger partial charge in [0.25, 0.3) is 0 Å². The topological polar surface area (TPSA) is 24.9 Å². The number of nitrogens with one attached hydrogen (secondary N) is 1. The van der Waals surface area contributed by atoms with Gasteiger partial charge < -0.3 is 5.32 Å². The highest BCUT2D eigenvalue weighted by Gasteiger charge is 2.15. The first kappa shape index (κ1) is 13.3. The smallest absolute Gasteiger partial charge is 0.131 e. The lowest BCUT2D eigenvalue weighted by Crippen LogP contribution is -2.15. The predicted octanol–water partition coefficient (Wildman–Crippen LogP) is 4.42. The second kappa shape index (κ2) is 6.74. The molecule has 1 aromatic rings. The number of halogens is 1. The number of aromatic nitrogens is 1. The fourth-order valence-corrected chi connectivity index (χ4v) is 2.10. The van der Waals surface area contributed by atoms with Crippen LogP contribution in [0.1, 0.15) is 45.1 Å². The van der Waals surface area contributed by atoms with E-state index in [1.165, 1.54) is 31.2 Å². The molecule has 1 heterocycles. The molecule has 1 N–H and O–H groups in total. The number of aryl methyl sites for hydroxylation is 1. The van der Waals surface area contributed by atoms with Gasteiger partial charge in [0.15, 0.2) is 0 Å². The Morgan fingerprint density at radius 2 is 1.94 bits per heavy atom. The van der Waals surface area contributed by atoms with Crippen molar-refractivity contribution in [3.63, 3.8) is 0 Å². The largest absolute Gasteiger partial charge is 0.382 e. The number of hydrogen-bond donors (Lipinski definition) is 1. The Hall–Kier alpha value is -0.760. The number of rotatable bonds is 2. The van der Waals surface area contributed by atoms with E-state index in [0.717, 1.165) is 5.69 Å². The van der Waals surface area contributed by atoms with E-state index in [1.807, 2.05) is 26.1 Å². The van der Waals surface area contributed by atoms with E-state index in [9.17, 15) is 0 Å². The second-order valence-electron chi connectivity index (χ2n) is 3.95. The summed E-state index contributed by atoms with van der Waals surface area (Å²) < 4.78 is 0. The molecule has 0 radical (unpaired) electrons. The van der Waals surface area contributed by atoms with Gasteiger partial charge in [-0.05, 0) is 31.4 Å². The summed E-state index contributed by atoms with van der Waals surface area (Å²) in [5.74, 6) is 0. The van der Waals surface area contributed by atoms with Gasteiger partial charge in [0.2, 0.25) is 0 Å². The van der Waals surface area contributed by atoms with Crippen molar-refractivity contribution >= 4 is 17.3 Å². The number of pyridine rings is 1. The first-order chi connectivity index (χ1) is 7.75. The van der Waals surface area contributed by atoms with Gasteiger partial charge in [-0.1, -0.05) is 38.3 Å². The van der Waals surface area contributed by atoms with Gasteiger partial charge in [-0.15, -0.1) is 0 Å². The van der Waals surface area contributed by atoms with Crippen LogP contribution >= 0.6 is 11.6 Å². The van der Waals surface area contributed by atoms with Crippen LogP contribution in [0.25, 0.3) is 0 Å². The van der Waals surface area contributed by atoms with Crippen molar-refractivity contribution in [3.8, 4) is 0 Å². The number of hydrogen-bond acceptors (Lipinski definition) is 2. The van der Waals surface area contributed by atoms with Crippen LogP contribution in [0, 0.1) is 6.92 Å². The van der Waals surface area contributed by atoms with Gasteiger partial charge >= 0.3 is 0 Å². The third-order valence-electron chi connectivity index (χ3n) is 2.78. The molecule has 0 amide bonds. The lowest BCUT2D eigenvalue weighted by molar-refractivity contribution is 0.754. The lowest BCUT2D eigenvalue weighted by Gasteiger charge is -2.15. The molecule has 1 aliphatic carbocycles. The molecule has 0 atom stereocenters. The third kappa shape index (κ3) is 3.67. The highest BCUT2D eigenvalue weighted by atomic mass is 35.5. The molecule has 90 valence electrons. The van der Waals surface area contributed by atoms with Gasteiger partial charge in [-0.25, -0.2) is 4.98 Å². The SMILES string of the molecule is CC.Cc1cnc(Cl)cc1NC1CCCC1. The molecule has 0 saturated heterocycles. The lowest BCUT2D eigenvalue weighted by atomic mass is 10.2. The summed E-state index contributed by atoms with van der Waals surface area (Å²) in [5, 5.41) is 4.09. The fraction of sp³-hybridized carbons (Fsp3) is 0.615. The Balaban J connectivity index is 0.000000606. The summed E-state index contributed by atoms with van der Waals surface area (Å²) in [6.45, 7) is 6.06. The number of nitrogens with zero attached hydrogens (tertiary/aromatic N) is 1. The minimum Gasteiger partial charge on any atom is -0.382 e. The molecule has 1 fully saturated rings. The Kier molecular flexibility index (Phi) is 5.61. The highest BCUT2D eigenvalue weighted by Crippen LogP contribution is 2.25. The van der Waals surface area contributed by atoms with Crippen molar-refractivity contribution in [1.82, 2.24) is 4.98 Å². The Morgan fingerprint density at radius 3 is 2.56 bits per heavy atom. The van der Waals surface area contributed by atoms with Crippen LogP contribution in [0.3, 0.4) is 0 Å². The van der Waals surface area contributed by atoms with Crippen LogP contribution in [0.5, 0.6) is 0 Å². The predicted molar refractivity (Wildman–Crippen MR) is 71.2 cm³/mol. The molecule has 2 rings (SSSR count). The zero-order chi connectivity index (χ0) is 12.0. The van der Waals surface area contributed by atoms with E-state index in [-0.39, 0.29) is 0 Å². The van der Waals surface area contributed by atoms with Crippen LogP contribution in [-0.2, 0) is 0 Å². The molecular weight excluding hydrogens is 220 g/mol. The molecular formula is C13H21ClN2. The van der Waals surface area contributed by atoms with Crippen molar-refractivity contribution in [2.45, 2.75) is 52.5 Å². The van der Waals surface area contributed by atoms with Gasteiger partial charge in [0.05, 0.1) is 0 Å². The van der Waals surface area contributed by atoms with E-state index in [1.54, 1.807) is 0 Å². The summed E-state index contributed by atoms with van der Waals surface area (Å²) in [6.07, 6.45) is 7.06. The van der Waals surface area contributed by atoms with Crippen LogP contribution < -0.4 is 5.32 Å². The molecule has 0 spiro atoms. The molecule has 0 unspecified atom stereocenters. The Labute approximate surface area is 103 Å². The second-order valence-corrected chi connectivity index (χ2v) is 4.33. The molecule has 1 saturated carbocycles. The normalized spacial score (nSPS) is 15.5. The molecule has 1 aliphatic rings. The van der Waals surface area contributed by atoms with Crippen molar-refractivity contribution in [3.05, 3.63) is 23.0 Å². The van der Waals surface area contributed by atoms with Crippen LogP contribution in [-0.4, -0.2) is 11.0 Å². The average Bonchev–Trinajstić information content (AvgIpc) is 2.79. The third-order valence-corrected chi connectivity index (χ3v) is 2.99. The molecule has 3 heteroatoms. The van der Waals surface area contributed by atoms with Gasteiger partial charge in [0, 0.05) is 17.9 Å². The van der Waals surface area contributed by atoms with Crippen molar-refractivity contribution < 1.29 is 0 Å². The maximum atomic E-state index is 5.85. The van der Waals surface area contributed by atoms with Crippen LogP contribution in [0.15, 0.2) is 12.3 Å². The standard InChI is InChI=1S/C11H15ClN2.C2H6/c1-8-7-13-11(12)6-10(8)14-9-4-2-3-5-9;1-2/h6-7,9H,2-5H2,1H3,(H,13,14);1-2H3. The summed E-state index contributed by atoms with van der Waals surface area (Å²) in [7, 11) is 0. The van der Waals surface area contributed by atoms with E-state index >= 15 is 0 Å².